The molecule has 27 heavy (non-hydrogen) atoms. The molecule has 2 aromatic carbocycles. The molecular formula is C22H23NO4. The van der Waals surface area contributed by atoms with Crippen LogP contribution in [0.5, 0.6) is 0 Å². The zero-order chi connectivity index (χ0) is 18.2. The minimum Gasteiger partial charge on any atom is -0.376 e. The van der Waals surface area contributed by atoms with Crippen LogP contribution in [0.15, 0.2) is 60.7 Å². The molecule has 0 N–H and O–H groups in total. The molecule has 2 aromatic rings. The number of carbonyl (C=O) groups excluding carboxylic acids is 1. The Morgan fingerprint density at radius 1 is 0.963 bits per heavy atom. The van der Waals surface area contributed by atoms with Crippen molar-refractivity contribution in [3.63, 3.8) is 0 Å². The Morgan fingerprint density at radius 2 is 1.63 bits per heavy atom. The van der Waals surface area contributed by atoms with E-state index >= 15 is 0 Å². The standard InChI is InChI=1S/C22H23NO4/c24-22-20(26-13-16-9-5-2-6-10-16)17(19-21-18(27-21)11-23(19)22)14-25-12-15-7-3-1-4-8-15/h1-10,17-21H,11-14H2/t17-,18+,19+,20+,21+/m1/s1. The average Bonchev–Trinajstić information content (AvgIpc) is 3.30. The summed E-state index contributed by atoms with van der Waals surface area (Å²) < 4.78 is 17.8. The van der Waals surface area contributed by atoms with Gasteiger partial charge in [-0.3, -0.25) is 4.79 Å². The number of fused-ring (bicyclic) bond motifs is 3. The fourth-order valence-corrected chi connectivity index (χ4v) is 4.36. The van der Waals surface area contributed by atoms with Gasteiger partial charge in [0.05, 0.1) is 32.4 Å². The lowest BCUT2D eigenvalue weighted by Crippen LogP contribution is -2.36. The molecule has 140 valence electrons. The van der Waals surface area contributed by atoms with Crippen LogP contribution in [0.3, 0.4) is 0 Å². The van der Waals surface area contributed by atoms with Gasteiger partial charge in [0.2, 0.25) is 0 Å². The second-order valence-corrected chi connectivity index (χ2v) is 7.50. The summed E-state index contributed by atoms with van der Waals surface area (Å²) in [5, 5.41) is 0. The van der Waals surface area contributed by atoms with E-state index in [1.807, 2.05) is 65.6 Å². The molecule has 0 aliphatic carbocycles. The van der Waals surface area contributed by atoms with E-state index in [4.69, 9.17) is 14.2 Å². The molecule has 0 spiro atoms. The van der Waals surface area contributed by atoms with Crippen molar-refractivity contribution in [2.45, 2.75) is 37.6 Å². The number of benzene rings is 2. The Labute approximate surface area is 158 Å². The van der Waals surface area contributed by atoms with Crippen LogP contribution < -0.4 is 0 Å². The van der Waals surface area contributed by atoms with Crippen LogP contribution in [-0.2, 0) is 32.2 Å². The van der Waals surface area contributed by atoms with E-state index < -0.39 is 6.10 Å². The Balaban J connectivity index is 1.27. The van der Waals surface area contributed by atoms with Crippen LogP contribution in [0.4, 0.5) is 0 Å². The monoisotopic (exact) mass is 365 g/mol. The van der Waals surface area contributed by atoms with Crippen molar-refractivity contribution in [1.82, 2.24) is 4.90 Å². The van der Waals surface area contributed by atoms with Crippen LogP contribution in [0.2, 0.25) is 0 Å². The zero-order valence-corrected chi connectivity index (χ0v) is 15.1. The number of hydrogen-bond acceptors (Lipinski definition) is 4. The van der Waals surface area contributed by atoms with E-state index in [2.05, 4.69) is 0 Å². The highest BCUT2D eigenvalue weighted by Crippen LogP contribution is 2.46. The minimum absolute atomic E-state index is 0.00224. The number of amides is 1. The summed E-state index contributed by atoms with van der Waals surface area (Å²) in [6.45, 7) is 2.16. The summed E-state index contributed by atoms with van der Waals surface area (Å²) in [7, 11) is 0. The third kappa shape index (κ3) is 3.27. The van der Waals surface area contributed by atoms with E-state index in [0.29, 0.717) is 26.4 Å². The quantitative estimate of drug-likeness (QED) is 0.707. The number of rotatable bonds is 7. The Bertz CT molecular complexity index is 796. The zero-order valence-electron chi connectivity index (χ0n) is 15.1. The van der Waals surface area contributed by atoms with Gasteiger partial charge >= 0.3 is 0 Å². The summed E-state index contributed by atoms with van der Waals surface area (Å²) in [6.07, 6.45) is -0.0913. The molecule has 3 heterocycles. The first-order valence-corrected chi connectivity index (χ1v) is 9.54. The molecule has 3 aliphatic rings. The van der Waals surface area contributed by atoms with Crippen LogP contribution >= 0.6 is 0 Å². The van der Waals surface area contributed by atoms with Crippen molar-refractivity contribution in [2.24, 2.45) is 5.92 Å². The number of ether oxygens (including phenoxy) is 3. The second kappa shape index (κ2) is 7.08. The molecule has 5 heteroatoms. The number of morpholine rings is 1. The first kappa shape index (κ1) is 16.9. The minimum atomic E-state index is -0.462. The summed E-state index contributed by atoms with van der Waals surface area (Å²) in [5.74, 6) is 0.0856. The van der Waals surface area contributed by atoms with Gasteiger partial charge in [0.25, 0.3) is 5.91 Å². The average molecular weight is 365 g/mol. The molecule has 3 saturated heterocycles. The van der Waals surface area contributed by atoms with Crippen molar-refractivity contribution in [2.75, 3.05) is 13.2 Å². The lowest BCUT2D eigenvalue weighted by atomic mass is 9.96. The predicted octanol–water partition coefficient (Wildman–Crippen LogP) is 2.40. The SMILES string of the molecule is O=C1[C@@H](OCc2ccccc2)[C@H](COCc2ccccc2)[C@H]2[C@H]3O[C@H]3CN12. The highest BCUT2D eigenvalue weighted by atomic mass is 16.6. The van der Waals surface area contributed by atoms with Gasteiger partial charge in [-0.2, -0.15) is 0 Å². The summed E-state index contributed by atoms with van der Waals surface area (Å²) >= 11 is 0. The maximum Gasteiger partial charge on any atom is 0.252 e. The second-order valence-electron chi connectivity index (χ2n) is 7.50. The van der Waals surface area contributed by atoms with Gasteiger partial charge in [-0.05, 0) is 11.1 Å². The Morgan fingerprint density at radius 3 is 2.33 bits per heavy atom. The first-order valence-electron chi connectivity index (χ1n) is 9.54. The van der Waals surface area contributed by atoms with Gasteiger partial charge in [0, 0.05) is 5.92 Å². The van der Waals surface area contributed by atoms with Gasteiger partial charge in [0.1, 0.15) is 18.3 Å². The van der Waals surface area contributed by atoms with Gasteiger partial charge in [-0.1, -0.05) is 60.7 Å². The van der Waals surface area contributed by atoms with Gasteiger partial charge in [0.15, 0.2) is 0 Å². The molecule has 5 nitrogen and oxygen atoms in total. The Kier molecular flexibility index (Phi) is 4.44. The molecule has 0 bridgehead atoms. The van der Waals surface area contributed by atoms with Crippen molar-refractivity contribution in [3.8, 4) is 0 Å². The third-order valence-corrected chi connectivity index (χ3v) is 5.74. The molecule has 3 fully saturated rings. The van der Waals surface area contributed by atoms with E-state index in [-0.39, 0.29) is 30.1 Å². The number of carbonyl (C=O) groups is 1. The van der Waals surface area contributed by atoms with Crippen LogP contribution in [0, 0.1) is 5.92 Å². The normalized spacial score (nSPS) is 31.0. The lowest BCUT2D eigenvalue weighted by molar-refractivity contribution is -0.140. The smallest absolute Gasteiger partial charge is 0.252 e. The summed E-state index contributed by atoms with van der Waals surface area (Å²) in [6, 6.07) is 20.2. The van der Waals surface area contributed by atoms with Crippen molar-refractivity contribution in [1.29, 1.82) is 0 Å². The van der Waals surface area contributed by atoms with Crippen LogP contribution in [0.1, 0.15) is 11.1 Å². The van der Waals surface area contributed by atoms with Gasteiger partial charge < -0.3 is 19.1 Å². The molecule has 0 unspecified atom stereocenters. The molecule has 0 aromatic heterocycles. The number of nitrogens with zero attached hydrogens (tertiary/aromatic N) is 1. The largest absolute Gasteiger partial charge is 0.376 e. The fraction of sp³-hybridized carbons (Fsp3) is 0.409. The van der Waals surface area contributed by atoms with E-state index in [0.717, 1.165) is 11.1 Å². The molecule has 3 aliphatic heterocycles. The summed E-state index contributed by atoms with van der Waals surface area (Å²) in [4.78, 5) is 14.9. The molecule has 5 rings (SSSR count). The number of hydrogen-bond donors (Lipinski definition) is 0. The van der Waals surface area contributed by atoms with E-state index in [9.17, 15) is 4.79 Å². The molecule has 5 atom stereocenters. The highest BCUT2D eigenvalue weighted by Gasteiger charge is 2.65. The third-order valence-electron chi connectivity index (χ3n) is 5.74. The van der Waals surface area contributed by atoms with E-state index in [1.54, 1.807) is 0 Å². The van der Waals surface area contributed by atoms with Crippen molar-refractivity contribution in [3.05, 3.63) is 71.8 Å². The van der Waals surface area contributed by atoms with Crippen LogP contribution in [0.25, 0.3) is 0 Å². The molecule has 0 saturated carbocycles. The summed E-state index contributed by atoms with van der Waals surface area (Å²) in [5.41, 5.74) is 2.20. The molecule has 0 radical (unpaired) electrons. The maximum absolute atomic E-state index is 12.9. The lowest BCUT2D eigenvalue weighted by Gasteiger charge is -2.23. The molecular weight excluding hydrogens is 342 g/mol. The molecule has 1 amide bonds. The van der Waals surface area contributed by atoms with Crippen molar-refractivity contribution < 1.29 is 19.0 Å². The Hall–Kier alpha value is -2.21. The maximum atomic E-state index is 12.9. The first-order chi connectivity index (χ1) is 13.3. The van der Waals surface area contributed by atoms with Crippen LogP contribution in [-0.4, -0.2) is 48.3 Å². The predicted molar refractivity (Wildman–Crippen MR) is 98.8 cm³/mol. The fourth-order valence-electron chi connectivity index (χ4n) is 4.36. The van der Waals surface area contributed by atoms with Gasteiger partial charge in [-0.15, -0.1) is 0 Å². The van der Waals surface area contributed by atoms with Gasteiger partial charge in [-0.25, -0.2) is 0 Å². The van der Waals surface area contributed by atoms with E-state index in [1.165, 1.54) is 0 Å². The van der Waals surface area contributed by atoms with Crippen molar-refractivity contribution >= 4 is 5.91 Å². The highest BCUT2D eigenvalue weighted by molar-refractivity contribution is 5.85. The number of epoxide rings is 1. The topological polar surface area (TPSA) is 51.3 Å².